The van der Waals surface area contributed by atoms with E-state index in [1.807, 2.05) is 6.92 Å². The molecule has 0 spiro atoms. The van der Waals surface area contributed by atoms with Crippen molar-refractivity contribution >= 4 is 5.91 Å². The number of ether oxygens (including phenoxy) is 1. The Morgan fingerprint density at radius 3 is 3.00 bits per heavy atom. The van der Waals surface area contributed by atoms with Gasteiger partial charge in [-0.25, -0.2) is 0 Å². The summed E-state index contributed by atoms with van der Waals surface area (Å²) in [7, 11) is 0. The SMILES string of the molecule is C[C@H](CC[C@H]1CCCO1)NC(=O)c1cc2c([nH]c1=O)CCC(C)(C)C2. The Labute approximate surface area is 149 Å². The number of aryl methyl sites for hydroxylation is 1. The highest BCUT2D eigenvalue weighted by Crippen LogP contribution is 2.33. The largest absolute Gasteiger partial charge is 0.378 e. The maximum absolute atomic E-state index is 12.6. The molecule has 0 unspecified atom stereocenters. The van der Waals surface area contributed by atoms with Gasteiger partial charge in [-0.05, 0) is 68.9 Å². The van der Waals surface area contributed by atoms with E-state index in [2.05, 4.69) is 24.1 Å². The number of amides is 1. The molecule has 2 aliphatic rings. The third-order valence-corrected chi connectivity index (χ3v) is 5.50. The third kappa shape index (κ3) is 4.51. The second-order valence-electron chi connectivity index (χ2n) is 8.44. The maximum atomic E-state index is 12.6. The lowest BCUT2D eigenvalue weighted by Crippen LogP contribution is -2.37. The number of aromatic nitrogens is 1. The zero-order valence-corrected chi connectivity index (χ0v) is 15.6. The van der Waals surface area contributed by atoms with Crippen LogP contribution in [0.5, 0.6) is 0 Å². The third-order valence-electron chi connectivity index (χ3n) is 5.50. The van der Waals surface area contributed by atoms with Gasteiger partial charge in [-0.1, -0.05) is 13.8 Å². The van der Waals surface area contributed by atoms with Crippen molar-refractivity contribution in [3.63, 3.8) is 0 Å². The first-order valence-corrected chi connectivity index (χ1v) is 9.51. The number of nitrogens with one attached hydrogen (secondary N) is 2. The Kier molecular flexibility index (Phi) is 5.32. The molecule has 0 radical (unpaired) electrons. The minimum absolute atomic E-state index is 0.0311. The Morgan fingerprint density at radius 1 is 1.48 bits per heavy atom. The van der Waals surface area contributed by atoms with E-state index in [0.717, 1.165) is 62.8 Å². The summed E-state index contributed by atoms with van der Waals surface area (Å²) in [4.78, 5) is 27.8. The Morgan fingerprint density at radius 2 is 2.28 bits per heavy atom. The molecule has 1 fully saturated rings. The maximum Gasteiger partial charge on any atom is 0.261 e. The molecule has 1 amide bonds. The number of rotatable bonds is 5. The highest BCUT2D eigenvalue weighted by Gasteiger charge is 2.27. The van der Waals surface area contributed by atoms with Crippen molar-refractivity contribution in [2.24, 2.45) is 5.41 Å². The fraction of sp³-hybridized carbons (Fsp3) is 0.700. The molecule has 1 saturated heterocycles. The molecule has 25 heavy (non-hydrogen) atoms. The molecule has 0 bridgehead atoms. The number of aromatic amines is 1. The summed E-state index contributed by atoms with van der Waals surface area (Å²) in [5.41, 5.74) is 2.27. The fourth-order valence-corrected chi connectivity index (χ4v) is 3.91. The van der Waals surface area contributed by atoms with Crippen molar-refractivity contribution in [1.82, 2.24) is 10.3 Å². The lowest BCUT2D eigenvalue weighted by atomic mass is 9.76. The van der Waals surface area contributed by atoms with Gasteiger partial charge in [0, 0.05) is 18.3 Å². The summed E-state index contributed by atoms with van der Waals surface area (Å²) in [6.07, 6.45) is 7.22. The number of H-pyrrole nitrogens is 1. The van der Waals surface area contributed by atoms with Crippen molar-refractivity contribution in [3.8, 4) is 0 Å². The number of pyridine rings is 1. The van der Waals surface area contributed by atoms with E-state index in [1.165, 1.54) is 0 Å². The molecule has 1 aliphatic heterocycles. The number of carbonyl (C=O) groups excluding carboxylic acids is 1. The van der Waals surface area contributed by atoms with Crippen molar-refractivity contribution in [2.45, 2.75) is 77.9 Å². The average Bonchev–Trinajstić information content (AvgIpc) is 3.05. The Hall–Kier alpha value is -1.62. The predicted octanol–water partition coefficient (Wildman–Crippen LogP) is 2.97. The van der Waals surface area contributed by atoms with Crippen LogP contribution in [0.4, 0.5) is 0 Å². The van der Waals surface area contributed by atoms with Crippen LogP contribution in [0.2, 0.25) is 0 Å². The first-order valence-electron chi connectivity index (χ1n) is 9.51. The Bertz CT molecular complexity index is 687. The van der Waals surface area contributed by atoms with Crippen LogP contribution in [-0.2, 0) is 17.6 Å². The van der Waals surface area contributed by atoms with Gasteiger partial charge in [0.25, 0.3) is 11.5 Å². The smallest absolute Gasteiger partial charge is 0.261 e. The van der Waals surface area contributed by atoms with Gasteiger partial charge < -0.3 is 15.0 Å². The number of fused-ring (bicyclic) bond motifs is 1. The molecule has 3 rings (SSSR count). The van der Waals surface area contributed by atoms with Crippen LogP contribution in [0.25, 0.3) is 0 Å². The van der Waals surface area contributed by atoms with Crippen molar-refractivity contribution in [3.05, 3.63) is 33.2 Å². The van der Waals surface area contributed by atoms with Crippen LogP contribution in [0.15, 0.2) is 10.9 Å². The van der Waals surface area contributed by atoms with Crippen molar-refractivity contribution in [2.75, 3.05) is 6.61 Å². The highest BCUT2D eigenvalue weighted by molar-refractivity contribution is 5.94. The standard InChI is InChI=1S/C20H30N2O3/c1-13(6-7-15-5-4-10-25-15)21-18(23)16-11-14-12-20(2,3)9-8-17(14)22-19(16)24/h11,13,15H,4-10,12H2,1-3H3,(H,21,23)(H,22,24)/t13-,15-/m1/s1. The molecular weight excluding hydrogens is 316 g/mol. The molecule has 2 atom stereocenters. The first-order chi connectivity index (χ1) is 11.8. The normalized spacial score (nSPS) is 23.1. The monoisotopic (exact) mass is 346 g/mol. The van der Waals surface area contributed by atoms with Crippen molar-refractivity contribution in [1.29, 1.82) is 0 Å². The molecule has 1 aromatic rings. The van der Waals surface area contributed by atoms with E-state index in [1.54, 1.807) is 6.07 Å². The minimum atomic E-state index is -0.276. The van der Waals surface area contributed by atoms with Gasteiger partial charge in [0.2, 0.25) is 0 Å². The minimum Gasteiger partial charge on any atom is -0.378 e. The molecule has 5 nitrogen and oxygen atoms in total. The summed E-state index contributed by atoms with van der Waals surface area (Å²) >= 11 is 0. The van der Waals surface area contributed by atoms with Crippen LogP contribution in [0.1, 0.15) is 74.5 Å². The van der Waals surface area contributed by atoms with E-state index in [0.29, 0.717) is 6.10 Å². The van der Waals surface area contributed by atoms with E-state index in [-0.39, 0.29) is 28.5 Å². The summed E-state index contributed by atoms with van der Waals surface area (Å²) in [6.45, 7) is 7.30. The molecule has 0 aromatic carbocycles. The van der Waals surface area contributed by atoms with E-state index >= 15 is 0 Å². The van der Waals surface area contributed by atoms with Crippen LogP contribution in [0, 0.1) is 5.41 Å². The van der Waals surface area contributed by atoms with Gasteiger partial charge in [0.15, 0.2) is 0 Å². The van der Waals surface area contributed by atoms with Gasteiger partial charge in [0.1, 0.15) is 5.56 Å². The summed E-state index contributed by atoms with van der Waals surface area (Å²) in [5.74, 6) is -0.271. The Balaban J connectivity index is 1.64. The topological polar surface area (TPSA) is 71.2 Å². The lowest BCUT2D eigenvalue weighted by molar-refractivity contribution is 0.0898. The number of hydrogen-bond donors (Lipinski definition) is 2. The molecule has 0 saturated carbocycles. The van der Waals surface area contributed by atoms with E-state index in [9.17, 15) is 9.59 Å². The molecule has 1 aliphatic carbocycles. The highest BCUT2D eigenvalue weighted by atomic mass is 16.5. The molecule has 1 aromatic heterocycles. The zero-order chi connectivity index (χ0) is 18.0. The molecular formula is C20H30N2O3. The summed E-state index contributed by atoms with van der Waals surface area (Å²) in [5, 5.41) is 2.97. The molecule has 5 heteroatoms. The van der Waals surface area contributed by atoms with Crippen molar-refractivity contribution < 1.29 is 9.53 Å². The van der Waals surface area contributed by atoms with Gasteiger partial charge in [-0.15, -0.1) is 0 Å². The van der Waals surface area contributed by atoms with Crippen LogP contribution in [-0.4, -0.2) is 29.6 Å². The zero-order valence-electron chi connectivity index (χ0n) is 15.6. The fourth-order valence-electron chi connectivity index (χ4n) is 3.91. The average molecular weight is 346 g/mol. The number of carbonyl (C=O) groups is 1. The van der Waals surface area contributed by atoms with Gasteiger partial charge in [-0.3, -0.25) is 9.59 Å². The van der Waals surface area contributed by atoms with E-state index in [4.69, 9.17) is 4.74 Å². The first kappa shape index (κ1) is 18.2. The molecule has 138 valence electrons. The lowest BCUT2D eigenvalue weighted by Gasteiger charge is -2.31. The second-order valence-corrected chi connectivity index (χ2v) is 8.44. The predicted molar refractivity (Wildman–Crippen MR) is 98.0 cm³/mol. The van der Waals surface area contributed by atoms with Gasteiger partial charge in [-0.2, -0.15) is 0 Å². The van der Waals surface area contributed by atoms with E-state index < -0.39 is 0 Å². The quantitative estimate of drug-likeness (QED) is 0.861. The second kappa shape index (κ2) is 7.32. The van der Waals surface area contributed by atoms with Crippen LogP contribution < -0.4 is 10.9 Å². The van der Waals surface area contributed by atoms with Crippen LogP contribution >= 0.6 is 0 Å². The van der Waals surface area contributed by atoms with Gasteiger partial charge >= 0.3 is 0 Å². The molecule has 2 heterocycles. The van der Waals surface area contributed by atoms with Gasteiger partial charge in [0.05, 0.1) is 6.10 Å². The van der Waals surface area contributed by atoms with Crippen LogP contribution in [0.3, 0.4) is 0 Å². The summed E-state index contributed by atoms with van der Waals surface area (Å²) in [6, 6.07) is 1.83. The molecule has 2 N–H and O–H groups in total. The number of hydrogen-bond acceptors (Lipinski definition) is 3. The summed E-state index contributed by atoms with van der Waals surface area (Å²) < 4.78 is 5.63.